The van der Waals surface area contributed by atoms with Gasteiger partial charge in [-0.2, -0.15) is 0 Å². The first-order chi connectivity index (χ1) is 9.78. The van der Waals surface area contributed by atoms with Crippen LogP contribution in [-0.4, -0.2) is 38.1 Å². The van der Waals surface area contributed by atoms with Gasteiger partial charge in [-0.3, -0.25) is 14.9 Å². The molecule has 0 fully saturated rings. The fourth-order valence-electron chi connectivity index (χ4n) is 1.57. The van der Waals surface area contributed by atoms with Crippen LogP contribution in [0.25, 0.3) is 0 Å². The standard InChI is InChI=1S/C11H14ClN3O5S/c1-2-14-21(19,20)7-6-13-11(16)8-4-3-5-9(12)10(8)15(17)18/h3-5,14H,2,6-7H2,1H3,(H,13,16). The molecular weight excluding hydrogens is 322 g/mol. The molecular formula is C11H14ClN3O5S. The van der Waals surface area contributed by atoms with Crippen molar-refractivity contribution in [3.8, 4) is 0 Å². The van der Waals surface area contributed by atoms with Crippen LogP contribution in [0.5, 0.6) is 0 Å². The maximum atomic E-state index is 11.9. The summed E-state index contributed by atoms with van der Waals surface area (Å²) in [7, 11) is -3.47. The highest BCUT2D eigenvalue weighted by atomic mass is 35.5. The SMILES string of the molecule is CCNS(=O)(=O)CCNC(=O)c1cccc(Cl)c1[N+](=O)[O-]. The second kappa shape index (κ2) is 7.34. The van der Waals surface area contributed by atoms with Crippen LogP contribution in [0.2, 0.25) is 5.02 Å². The lowest BCUT2D eigenvalue weighted by atomic mass is 10.1. The van der Waals surface area contributed by atoms with Crippen molar-refractivity contribution in [3.05, 3.63) is 38.9 Å². The van der Waals surface area contributed by atoms with Crippen LogP contribution in [0.4, 0.5) is 5.69 Å². The lowest BCUT2D eigenvalue weighted by molar-refractivity contribution is -0.385. The molecule has 8 nitrogen and oxygen atoms in total. The lowest BCUT2D eigenvalue weighted by Crippen LogP contribution is -2.34. The summed E-state index contributed by atoms with van der Waals surface area (Å²) < 4.78 is 25.0. The second-order valence-corrected chi connectivity index (χ2v) is 6.30. The summed E-state index contributed by atoms with van der Waals surface area (Å²) in [5.41, 5.74) is -0.723. The highest BCUT2D eigenvalue weighted by Crippen LogP contribution is 2.27. The van der Waals surface area contributed by atoms with Crippen molar-refractivity contribution in [1.29, 1.82) is 0 Å². The first kappa shape index (κ1) is 17.3. The molecule has 1 aromatic rings. The molecule has 1 rings (SSSR count). The Bertz CT molecular complexity index is 647. The minimum atomic E-state index is -3.47. The third-order valence-corrected chi connectivity index (χ3v) is 4.21. The number of amides is 1. The molecule has 10 heteroatoms. The third-order valence-electron chi connectivity index (χ3n) is 2.43. The van der Waals surface area contributed by atoms with Crippen LogP contribution in [0.15, 0.2) is 18.2 Å². The number of rotatable bonds is 7. The lowest BCUT2D eigenvalue weighted by Gasteiger charge is -2.07. The van der Waals surface area contributed by atoms with E-state index in [4.69, 9.17) is 11.6 Å². The van der Waals surface area contributed by atoms with Crippen LogP contribution in [0.1, 0.15) is 17.3 Å². The Labute approximate surface area is 126 Å². The molecule has 0 unspecified atom stereocenters. The summed E-state index contributed by atoms with van der Waals surface area (Å²) in [6.07, 6.45) is 0. The number of nitro groups is 1. The van der Waals surface area contributed by atoms with E-state index in [1.54, 1.807) is 6.92 Å². The van der Waals surface area contributed by atoms with Crippen LogP contribution >= 0.6 is 11.6 Å². The molecule has 0 radical (unpaired) electrons. The Morgan fingerprint density at radius 1 is 1.43 bits per heavy atom. The van der Waals surface area contributed by atoms with Gasteiger partial charge in [0.2, 0.25) is 10.0 Å². The topological polar surface area (TPSA) is 118 Å². The van der Waals surface area contributed by atoms with Gasteiger partial charge in [0.05, 0.1) is 10.7 Å². The number of para-hydroxylation sites is 1. The first-order valence-corrected chi connectivity index (χ1v) is 8.00. The Balaban J connectivity index is 2.78. The van der Waals surface area contributed by atoms with E-state index < -0.39 is 26.5 Å². The van der Waals surface area contributed by atoms with Crippen molar-refractivity contribution in [1.82, 2.24) is 10.0 Å². The average molecular weight is 336 g/mol. The van der Waals surface area contributed by atoms with E-state index >= 15 is 0 Å². The number of carbonyl (C=O) groups excluding carboxylic acids is 1. The molecule has 21 heavy (non-hydrogen) atoms. The largest absolute Gasteiger partial charge is 0.351 e. The van der Waals surface area contributed by atoms with Crippen molar-refractivity contribution in [2.24, 2.45) is 0 Å². The first-order valence-electron chi connectivity index (χ1n) is 5.97. The minimum Gasteiger partial charge on any atom is -0.351 e. The van der Waals surface area contributed by atoms with Gasteiger partial charge < -0.3 is 5.32 Å². The van der Waals surface area contributed by atoms with Crippen molar-refractivity contribution in [3.63, 3.8) is 0 Å². The number of sulfonamides is 1. The Morgan fingerprint density at radius 2 is 2.10 bits per heavy atom. The van der Waals surface area contributed by atoms with E-state index in [1.807, 2.05) is 0 Å². The zero-order chi connectivity index (χ0) is 16.0. The molecule has 0 aromatic heterocycles. The van der Waals surface area contributed by atoms with E-state index in [1.165, 1.54) is 18.2 Å². The summed E-state index contributed by atoms with van der Waals surface area (Å²) >= 11 is 5.69. The molecule has 0 aliphatic rings. The molecule has 0 saturated heterocycles. The molecule has 0 heterocycles. The number of benzene rings is 1. The van der Waals surface area contributed by atoms with Crippen molar-refractivity contribution < 1.29 is 18.1 Å². The van der Waals surface area contributed by atoms with E-state index in [9.17, 15) is 23.3 Å². The van der Waals surface area contributed by atoms with Gasteiger partial charge in [-0.1, -0.05) is 24.6 Å². The number of halogens is 1. The molecule has 0 spiro atoms. The monoisotopic (exact) mass is 335 g/mol. The zero-order valence-corrected chi connectivity index (χ0v) is 12.7. The van der Waals surface area contributed by atoms with Gasteiger partial charge in [-0.15, -0.1) is 0 Å². The smallest absolute Gasteiger partial charge is 0.300 e. The molecule has 0 saturated carbocycles. The average Bonchev–Trinajstić information content (AvgIpc) is 2.37. The van der Waals surface area contributed by atoms with Gasteiger partial charge in [0.15, 0.2) is 0 Å². The molecule has 1 amide bonds. The van der Waals surface area contributed by atoms with Crippen molar-refractivity contribution in [2.75, 3.05) is 18.8 Å². The molecule has 1 aromatic carbocycles. The molecule has 0 aliphatic heterocycles. The number of nitrogens with one attached hydrogen (secondary N) is 2. The van der Waals surface area contributed by atoms with Crippen LogP contribution in [0.3, 0.4) is 0 Å². The Hall–Kier alpha value is -1.71. The van der Waals surface area contributed by atoms with Crippen molar-refractivity contribution in [2.45, 2.75) is 6.92 Å². The number of nitro benzene ring substituents is 1. The van der Waals surface area contributed by atoms with Crippen LogP contribution in [0, 0.1) is 10.1 Å². The fraction of sp³-hybridized carbons (Fsp3) is 0.364. The Morgan fingerprint density at radius 3 is 2.67 bits per heavy atom. The van der Waals surface area contributed by atoms with E-state index in [-0.39, 0.29) is 29.4 Å². The molecule has 0 bridgehead atoms. The van der Waals surface area contributed by atoms with Gasteiger partial charge in [0, 0.05) is 13.1 Å². The van der Waals surface area contributed by atoms with Gasteiger partial charge in [0.1, 0.15) is 10.6 Å². The van der Waals surface area contributed by atoms with Crippen LogP contribution < -0.4 is 10.0 Å². The third kappa shape index (κ3) is 4.96. The quantitative estimate of drug-likeness (QED) is 0.567. The summed E-state index contributed by atoms with van der Waals surface area (Å²) in [4.78, 5) is 22.0. The molecule has 0 aliphatic carbocycles. The molecule has 116 valence electrons. The van der Waals surface area contributed by atoms with Gasteiger partial charge in [-0.25, -0.2) is 13.1 Å². The van der Waals surface area contributed by atoms with Crippen molar-refractivity contribution >= 4 is 33.2 Å². The van der Waals surface area contributed by atoms with E-state index in [0.29, 0.717) is 0 Å². The predicted molar refractivity (Wildman–Crippen MR) is 77.9 cm³/mol. The second-order valence-electron chi connectivity index (χ2n) is 3.97. The number of hydrogen-bond acceptors (Lipinski definition) is 5. The highest BCUT2D eigenvalue weighted by Gasteiger charge is 2.23. The fourth-order valence-corrected chi connectivity index (χ4v) is 2.77. The predicted octanol–water partition coefficient (Wildman–Crippen LogP) is 0.917. The Kier molecular flexibility index (Phi) is 6.06. The normalized spacial score (nSPS) is 11.1. The summed E-state index contributed by atoms with van der Waals surface area (Å²) in [6.45, 7) is 1.71. The van der Waals surface area contributed by atoms with E-state index in [2.05, 4.69) is 10.0 Å². The van der Waals surface area contributed by atoms with Gasteiger partial charge in [0.25, 0.3) is 5.91 Å². The maximum absolute atomic E-state index is 11.9. The number of hydrogen-bond donors (Lipinski definition) is 2. The van der Waals surface area contributed by atoms with Gasteiger partial charge >= 0.3 is 5.69 Å². The molecule has 2 N–H and O–H groups in total. The highest BCUT2D eigenvalue weighted by molar-refractivity contribution is 7.89. The number of carbonyl (C=O) groups is 1. The van der Waals surface area contributed by atoms with Crippen LogP contribution in [-0.2, 0) is 10.0 Å². The minimum absolute atomic E-state index is 0.159. The summed E-state index contributed by atoms with van der Waals surface area (Å²) in [6, 6.07) is 3.95. The maximum Gasteiger partial charge on any atom is 0.300 e. The van der Waals surface area contributed by atoms with E-state index in [0.717, 1.165) is 0 Å². The molecule has 0 atom stereocenters. The summed E-state index contributed by atoms with van der Waals surface area (Å²) in [5, 5.41) is 13.1. The summed E-state index contributed by atoms with van der Waals surface area (Å²) in [5.74, 6) is -1.07. The van der Waals surface area contributed by atoms with Gasteiger partial charge in [-0.05, 0) is 12.1 Å². The number of nitrogens with zero attached hydrogens (tertiary/aromatic N) is 1. The zero-order valence-electron chi connectivity index (χ0n) is 11.1.